The van der Waals surface area contributed by atoms with Gasteiger partial charge in [-0.3, -0.25) is 24.0 Å². The molecule has 0 aliphatic rings. The van der Waals surface area contributed by atoms with E-state index in [0.29, 0.717) is 27.7 Å². The molecule has 4 amide bonds. The first-order valence-electron chi connectivity index (χ1n) is 15.9. The Hall–Kier alpha value is -6.05. The summed E-state index contributed by atoms with van der Waals surface area (Å²) in [6.07, 6.45) is -0.788. The van der Waals surface area contributed by atoms with Gasteiger partial charge in [-0.25, -0.2) is 9.78 Å². The van der Waals surface area contributed by atoms with E-state index in [0.717, 1.165) is 0 Å². The van der Waals surface area contributed by atoms with Gasteiger partial charge in [0.15, 0.2) is 0 Å². The number of H-pyrrole nitrogens is 1. The SMILES string of the molecule is C[C@H](NC(=O)[C@H](Cc1ccc(-c2nc3ccccc3[nH]c2=O)cc1)NC(=O)OC(C)(C)C)C(=O)N[C@@H](Cc1ccccc1)C(=O)NCC(=O)O. The van der Waals surface area contributed by atoms with E-state index in [9.17, 15) is 28.8 Å². The largest absolute Gasteiger partial charge is 0.480 e. The number of nitrogens with zero attached hydrogens (tertiary/aromatic N) is 1. The molecule has 14 heteroatoms. The number of carboxylic acid groups (broad SMARTS) is 1. The highest BCUT2D eigenvalue weighted by atomic mass is 16.6. The van der Waals surface area contributed by atoms with Crippen LogP contribution < -0.4 is 26.8 Å². The molecule has 1 heterocycles. The highest BCUT2D eigenvalue weighted by molar-refractivity contribution is 5.94. The third kappa shape index (κ3) is 10.7. The Morgan fingerprint density at radius 1 is 0.780 bits per heavy atom. The summed E-state index contributed by atoms with van der Waals surface area (Å²) in [6.45, 7) is 5.80. The van der Waals surface area contributed by atoms with Crippen molar-refractivity contribution in [1.82, 2.24) is 31.2 Å². The van der Waals surface area contributed by atoms with Crippen LogP contribution >= 0.6 is 0 Å². The molecule has 4 aromatic rings. The number of hydrogen-bond acceptors (Lipinski definition) is 8. The molecule has 50 heavy (non-hydrogen) atoms. The van der Waals surface area contributed by atoms with Crippen LogP contribution in [0.1, 0.15) is 38.8 Å². The lowest BCUT2D eigenvalue weighted by Crippen LogP contribution is -2.57. The number of aromatic amines is 1. The van der Waals surface area contributed by atoms with Gasteiger partial charge in [-0.15, -0.1) is 0 Å². The first kappa shape index (κ1) is 36.8. The molecule has 3 aromatic carbocycles. The Bertz CT molecular complexity index is 1900. The maximum absolute atomic E-state index is 13.5. The summed E-state index contributed by atoms with van der Waals surface area (Å²) in [4.78, 5) is 83.4. The fraction of sp³-hybridized carbons (Fsp3) is 0.306. The van der Waals surface area contributed by atoms with E-state index in [1.54, 1.807) is 93.6 Å². The van der Waals surface area contributed by atoms with Crippen LogP contribution in [0.2, 0.25) is 0 Å². The first-order valence-corrected chi connectivity index (χ1v) is 15.9. The number of carbonyl (C=O) groups is 5. The summed E-state index contributed by atoms with van der Waals surface area (Å²) >= 11 is 0. The maximum atomic E-state index is 13.5. The molecule has 0 saturated heterocycles. The van der Waals surface area contributed by atoms with Crippen molar-refractivity contribution in [3.05, 3.63) is 100 Å². The highest BCUT2D eigenvalue weighted by Gasteiger charge is 2.29. The topological polar surface area (TPSA) is 209 Å². The molecule has 0 unspecified atom stereocenters. The van der Waals surface area contributed by atoms with Crippen molar-refractivity contribution in [3.63, 3.8) is 0 Å². The number of benzene rings is 3. The van der Waals surface area contributed by atoms with Gasteiger partial charge in [0.1, 0.15) is 36.0 Å². The average Bonchev–Trinajstić information content (AvgIpc) is 3.06. The molecule has 0 fully saturated rings. The van der Waals surface area contributed by atoms with Crippen molar-refractivity contribution in [2.24, 2.45) is 0 Å². The van der Waals surface area contributed by atoms with Crippen molar-refractivity contribution in [1.29, 1.82) is 0 Å². The minimum Gasteiger partial charge on any atom is -0.480 e. The maximum Gasteiger partial charge on any atom is 0.408 e. The quantitative estimate of drug-likeness (QED) is 0.122. The van der Waals surface area contributed by atoms with Crippen molar-refractivity contribution in [2.45, 2.75) is 64.3 Å². The van der Waals surface area contributed by atoms with Crippen molar-refractivity contribution >= 4 is 40.8 Å². The molecule has 4 rings (SSSR count). The number of aliphatic carboxylic acids is 1. The Labute approximate surface area is 288 Å². The average molecular weight is 685 g/mol. The van der Waals surface area contributed by atoms with Gasteiger partial charge in [0, 0.05) is 18.4 Å². The van der Waals surface area contributed by atoms with Crippen LogP contribution in [0.4, 0.5) is 4.79 Å². The van der Waals surface area contributed by atoms with Gasteiger partial charge in [-0.05, 0) is 51.0 Å². The number of aromatic nitrogens is 2. The zero-order chi connectivity index (χ0) is 36.4. The van der Waals surface area contributed by atoms with E-state index in [-0.39, 0.29) is 24.1 Å². The highest BCUT2D eigenvalue weighted by Crippen LogP contribution is 2.18. The lowest BCUT2D eigenvalue weighted by molar-refractivity contribution is -0.138. The minimum atomic E-state index is -1.25. The van der Waals surface area contributed by atoms with Crippen LogP contribution in [-0.2, 0) is 36.8 Å². The third-order valence-electron chi connectivity index (χ3n) is 7.36. The number of para-hydroxylation sites is 2. The molecule has 1 aromatic heterocycles. The second-order valence-electron chi connectivity index (χ2n) is 12.6. The van der Waals surface area contributed by atoms with Crippen LogP contribution in [0.15, 0.2) is 83.7 Å². The number of carbonyl (C=O) groups excluding carboxylic acids is 4. The number of fused-ring (bicyclic) bond motifs is 1. The summed E-state index contributed by atoms with van der Waals surface area (Å²) in [5.74, 6) is -3.37. The number of alkyl carbamates (subject to hydrolysis) is 1. The molecule has 262 valence electrons. The predicted octanol–water partition coefficient (Wildman–Crippen LogP) is 2.46. The number of amides is 4. The van der Waals surface area contributed by atoms with Gasteiger partial charge in [-0.1, -0.05) is 66.7 Å². The van der Waals surface area contributed by atoms with Gasteiger partial charge >= 0.3 is 12.1 Å². The number of nitrogens with one attached hydrogen (secondary N) is 5. The number of carboxylic acids is 1. The van der Waals surface area contributed by atoms with Crippen molar-refractivity contribution < 1.29 is 33.8 Å². The molecule has 0 spiro atoms. The molecule has 0 aliphatic heterocycles. The van der Waals surface area contributed by atoms with E-state index in [2.05, 4.69) is 31.2 Å². The molecule has 3 atom stereocenters. The second-order valence-corrected chi connectivity index (χ2v) is 12.6. The van der Waals surface area contributed by atoms with Crippen LogP contribution in [0.5, 0.6) is 0 Å². The molecular weight excluding hydrogens is 644 g/mol. The predicted molar refractivity (Wildman–Crippen MR) is 185 cm³/mol. The summed E-state index contributed by atoms with van der Waals surface area (Å²) in [6, 6.07) is 19.2. The molecule has 0 bridgehead atoms. The van der Waals surface area contributed by atoms with Crippen LogP contribution in [0.25, 0.3) is 22.3 Å². The molecule has 0 aliphatic carbocycles. The third-order valence-corrected chi connectivity index (χ3v) is 7.36. The van der Waals surface area contributed by atoms with Gasteiger partial charge in [0.2, 0.25) is 17.7 Å². The van der Waals surface area contributed by atoms with Crippen LogP contribution in [0.3, 0.4) is 0 Å². The van der Waals surface area contributed by atoms with Crippen LogP contribution in [-0.4, -0.2) is 75.1 Å². The summed E-state index contributed by atoms with van der Waals surface area (Å²) in [5.41, 5.74) is 2.12. The smallest absolute Gasteiger partial charge is 0.408 e. The molecule has 6 N–H and O–H groups in total. The summed E-state index contributed by atoms with van der Waals surface area (Å²) < 4.78 is 5.37. The molecule has 0 radical (unpaired) electrons. The Morgan fingerprint density at radius 2 is 1.38 bits per heavy atom. The minimum absolute atomic E-state index is 0.00454. The fourth-order valence-electron chi connectivity index (χ4n) is 4.94. The van der Waals surface area contributed by atoms with E-state index in [1.165, 1.54) is 6.92 Å². The normalized spacial score (nSPS) is 13.0. The lowest BCUT2D eigenvalue weighted by Gasteiger charge is -2.25. The lowest BCUT2D eigenvalue weighted by atomic mass is 10.0. The number of hydrogen-bond donors (Lipinski definition) is 6. The van der Waals surface area contributed by atoms with E-state index in [4.69, 9.17) is 9.84 Å². The standard InChI is InChI=1S/C36H40N6O8/c1-21(31(45)41-27(32(46)37-20-29(43)44)18-22-10-6-5-7-11-22)38-33(47)28(42-35(49)50-36(2,3)4)19-23-14-16-24(17-15-23)30-34(48)40-26-13-9-8-12-25(26)39-30/h5-17,21,27-28H,18-20H2,1-4H3,(H,37,46)(H,38,47)(H,40,48)(H,41,45)(H,42,49)(H,43,44)/t21-,27-,28-/m0/s1. The first-order chi connectivity index (χ1) is 23.7. The molecule has 0 saturated carbocycles. The van der Waals surface area contributed by atoms with Gasteiger partial charge in [-0.2, -0.15) is 0 Å². The van der Waals surface area contributed by atoms with Crippen LogP contribution in [0, 0.1) is 0 Å². The Balaban J connectivity index is 1.49. The summed E-state index contributed by atoms with van der Waals surface area (Å²) in [5, 5.41) is 19.0. The number of rotatable bonds is 13. The van der Waals surface area contributed by atoms with Gasteiger partial charge < -0.3 is 36.1 Å². The van der Waals surface area contributed by atoms with E-state index in [1.807, 2.05) is 6.07 Å². The fourth-order valence-corrected chi connectivity index (χ4v) is 4.94. The van der Waals surface area contributed by atoms with Crippen molar-refractivity contribution in [2.75, 3.05) is 6.54 Å². The Morgan fingerprint density at radius 3 is 2.02 bits per heavy atom. The van der Waals surface area contributed by atoms with Gasteiger partial charge in [0.05, 0.1) is 11.0 Å². The Kier molecular flexibility index (Phi) is 12.0. The second kappa shape index (κ2) is 16.4. The van der Waals surface area contributed by atoms with E-state index >= 15 is 0 Å². The number of ether oxygens (including phenoxy) is 1. The monoisotopic (exact) mass is 684 g/mol. The zero-order valence-electron chi connectivity index (χ0n) is 28.1. The van der Waals surface area contributed by atoms with E-state index < -0.39 is 60.1 Å². The van der Waals surface area contributed by atoms with Gasteiger partial charge in [0.25, 0.3) is 5.56 Å². The van der Waals surface area contributed by atoms with Crippen molar-refractivity contribution in [3.8, 4) is 11.3 Å². The molecular formula is C36H40N6O8. The zero-order valence-corrected chi connectivity index (χ0v) is 28.1. The molecule has 14 nitrogen and oxygen atoms in total. The summed E-state index contributed by atoms with van der Waals surface area (Å²) in [7, 11) is 0.